The molecule has 2 aromatic rings. The number of thiophene rings is 1. The molecule has 106 valence electrons. The minimum absolute atomic E-state index is 0.395. The highest BCUT2D eigenvalue weighted by molar-refractivity contribution is 7.18. The first-order chi connectivity index (χ1) is 9.49. The van der Waals surface area contributed by atoms with Crippen molar-refractivity contribution in [3.8, 4) is 10.4 Å². The molecule has 0 unspecified atom stereocenters. The van der Waals surface area contributed by atoms with Crippen molar-refractivity contribution >= 4 is 34.6 Å². The molecule has 5 heteroatoms. The summed E-state index contributed by atoms with van der Waals surface area (Å²) in [7, 11) is 1.36. The average molecular weight is 310 g/mol. The fourth-order valence-electron chi connectivity index (χ4n) is 2.13. The Morgan fingerprint density at radius 3 is 2.75 bits per heavy atom. The summed E-state index contributed by atoms with van der Waals surface area (Å²) in [6.07, 6.45) is 0.751. The fourth-order valence-corrected chi connectivity index (χ4v) is 3.61. The molecule has 1 aromatic heterocycles. The van der Waals surface area contributed by atoms with Crippen molar-refractivity contribution in [2.24, 2.45) is 0 Å². The minimum Gasteiger partial charge on any atom is -0.465 e. The standard InChI is InChI=1S/C15H16ClNO2S/c1-4-10-12(17)14(15(18)19-3)20-13(10)11-7-9(16)6-5-8(11)2/h5-7H,4,17H2,1-3H3. The van der Waals surface area contributed by atoms with Gasteiger partial charge in [0.2, 0.25) is 0 Å². The van der Waals surface area contributed by atoms with Gasteiger partial charge in [-0.15, -0.1) is 11.3 Å². The van der Waals surface area contributed by atoms with E-state index in [1.54, 1.807) is 0 Å². The number of anilines is 1. The van der Waals surface area contributed by atoms with Crippen LogP contribution in [0.5, 0.6) is 0 Å². The number of carbonyl (C=O) groups excluding carboxylic acids is 1. The maximum absolute atomic E-state index is 11.8. The summed E-state index contributed by atoms with van der Waals surface area (Å²) in [5.74, 6) is -0.395. The Bertz CT molecular complexity index is 664. The summed E-state index contributed by atoms with van der Waals surface area (Å²) in [5.41, 5.74) is 9.69. The molecule has 0 radical (unpaired) electrons. The van der Waals surface area contributed by atoms with Crippen LogP contribution in [-0.2, 0) is 11.2 Å². The summed E-state index contributed by atoms with van der Waals surface area (Å²) in [6.45, 7) is 4.03. The fraction of sp³-hybridized carbons (Fsp3) is 0.267. The van der Waals surface area contributed by atoms with Crippen LogP contribution in [0.3, 0.4) is 0 Å². The van der Waals surface area contributed by atoms with E-state index in [2.05, 4.69) is 0 Å². The number of methoxy groups -OCH3 is 1. The minimum atomic E-state index is -0.395. The number of hydrogen-bond donors (Lipinski definition) is 1. The van der Waals surface area contributed by atoms with Crippen LogP contribution in [0, 0.1) is 6.92 Å². The average Bonchev–Trinajstić information content (AvgIpc) is 2.77. The maximum atomic E-state index is 11.8. The molecule has 0 saturated carbocycles. The van der Waals surface area contributed by atoms with Crippen LogP contribution in [-0.4, -0.2) is 13.1 Å². The first-order valence-electron chi connectivity index (χ1n) is 6.25. The maximum Gasteiger partial charge on any atom is 0.350 e. The molecule has 1 aromatic carbocycles. The first-order valence-corrected chi connectivity index (χ1v) is 7.45. The molecule has 0 aliphatic rings. The summed E-state index contributed by atoms with van der Waals surface area (Å²) in [6, 6.07) is 5.72. The van der Waals surface area contributed by atoms with E-state index in [4.69, 9.17) is 22.1 Å². The zero-order chi connectivity index (χ0) is 14.9. The van der Waals surface area contributed by atoms with Crippen molar-refractivity contribution < 1.29 is 9.53 Å². The molecule has 0 amide bonds. The predicted octanol–water partition coefficient (Wildman–Crippen LogP) is 4.31. The van der Waals surface area contributed by atoms with E-state index in [1.165, 1.54) is 18.4 Å². The van der Waals surface area contributed by atoms with Crippen LogP contribution in [0.4, 0.5) is 5.69 Å². The smallest absolute Gasteiger partial charge is 0.350 e. The molecule has 0 aliphatic carbocycles. The van der Waals surface area contributed by atoms with Gasteiger partial charge in [0.05, 0.1) is 12.8 Å². The summed E-state index contributed by atoms with van der Waals surface area (Å²) < 4.78 is 4.79. The lowest BCUT2D eigenvalue weighted by atomic mass is 10.0. The van der Waals surface area contributed by atoms with Crippen molar-refractivity contribution in [1.82, 2.24) is 0 Å². The second kappa shape index (κ2) is 5.85. The molecule has 0 aliphatic heterocycles. The normalized spacial score (nSPS) is 10.6. The van der Waals surface area contributed by atoms with Gasteiger partial charge in [-0.05, 0) is 42.2 Å². The number of nitrogen functional groups attached to an aromatic ring is 1. The van der Waals surface area contributed by atoms with E-state index in [9.17, 15) is 4.79 Å². The molecule has 2 rings (SSSR count). The van der Waals surface area contributed by atoms with E-state index in [-0.39, 0.29) is 0 Å². The molecular weight excluding hydrogens is 294 g/mol. The van der Waals surface area contributed by atoms with Gasteiger partial charge in [0.1, 0.15) is 4.88 Å². The Kier molecular flexibility index (Phi) is 4.35. The van der Waals surface area contributed by atoms with Gasteiger partial charge in [-0.2, -0.15) is 0 Å². The second-order valence-corrected chi connectivity index (χ2v) is 5.91. The lowest BCUT2D eigenvalue weighted by Crippen LogP contribution is -2.02. The Hall–Kier alpha value is -1.52. The van der Waals surface area contributed by atoms with Gasteiger partial charge in [-0.3, -0.25) is 0 Å². The monoisotopic (exact) mass is 309 g/mol. The third kappa shape index (κ3) is 2.53. The topological polar surface area (TPSA) is 52.3 Å². The van der Waals surface area contributed by atoms with Crippen molar-refractivity contribution in [2.45, 2.75) is 20.3 Å². The van der Waals surface area contributed by atoms with Crippen LogP contribution >= 0.6 is 22.9 Å². The second-order valence-electron chi connectivity index (χ2n) is 4.46. The Balaban J connectivity index is 2.68. The van der Waals surface area contributed by atoms with Crippen molar-refractivity contribution in [3.05, 3.63) is 39.2 Å². The number of ether oxygens (including phenoxy) is 1. The Morgan fingerprint density at radius 2 is 2.15 bits per heavy atom. The third-order valence-corrected chi connectivity index (χ3v) is 4.71. The molecule has 20 heavy (non-hydrogen) atoms. The van der Waals surface area contributed by atoms with Gasteiger partial charge in [0.25, 0.3) is 0 Å². The lowest BCUT2D eigenvalue weighted by Gasteiger charge is -2.07. The van der Waals surface area contributed by atoms with Gasteiger partial charge >= 0.3 is 5.97 Å². The molecule has 0 bridgehead atoms. The van der Waals surface area contributed by atoms with Gasteiger partial charge in [0.15, 0.2) is 0 Å². The summed E-state index contributed by atoms with van der Waals surface area (Å²) in [4.78, 5) is 13.2. The molecule has 0 atom stereocenters. The van der Waals surface area contributed by atoms with Crippen molar-refractivity contribution in [3.63, 3.8) is 0 Å². The molecular formula is C15H16ClNO2S. The number of aryl methyl sites for hydroxylation is 1. The number of esters is 1. The van der Waals surface area contributed by atoms with Crippen LogP contribution in [0.15, 0.2) is 18.2 Å². The number of nitrogens with two attached hydrogens (primary N) is 1. The highest BCUT2D eigenvalue weighted by Crippen LogP contribution is 2.41. The number of hydrogen-bond acceptors (Lipinski definition) is 4. The van der Waals surface area contributed by atoms with E-state index in [1.807, 2.05) is 32.0 Å². The molecule has 0 fully saturated rings. The molecule has 1 heterocycles. The van der Waals surface area contributed by atoms with Gasteiger partial charge in [-0.25, -0.2) is 4.79 Å². The molecule has 0 saturated heterocycles. The zero-order valence-corrected chi connectivity index (χ0v) is 13.2. The molecule has 0 spiro atoms. The van der Waals surface area contributed by atoms with Gasteiger partial charge in [-0.1, -0.05) is 24.6 Å². The van der Waals surface area contributed by atoms with Crippen LogP contribution < -0.4 is 5.73 Å². The van der Waals surface area contributed by atoms with Crippen molar-refractivity contribution in [1.29, 1.82) is 0 Å². The van der Waals surface area contributed by atoms with Crippen LogP contribution in [0.1, 0.15) is 27.7 Å². The number of benzene rings is 1. The predicted molar refractivity (Wildman–Crippen MR) is 84.6 cm³/mol. The van der Waals surface area contributed by atoms with Crippen LogP contribution in [0.2, 0.25) is 5.02 Å². The summed E-state index contributed by atoms with van der Waals surface area (Å²) >= 11 is 7.44. The highest BCUT2D eigenvalue weighted by Gasteiger charge is 2.22. The Labute approximate surface area is 127 Å². The van der Waals surface area contributed by atoms with Gasteiger partial charge < -0.3 is 10.5 Å². The van der Waals surface area contributed by atoms with Gasteiger partial charge in [0, 0.05) is 9.90 Å². The quantitative estimate of drug-likeness (QED) is 0.860. The third-order valence-electron chi connectivity index (χ3n) is 3.22. The zero-order valence-electron chi connectivity index (χ0n) is 11.6. The summed E-state index contributed by atoms with van der Waals surface area (Å²) in [5, 5.41) is 0.666. The van der Waals surface area contributed by atoms with E-state index >= 15 is 0 Å². The SMILES string of the molecule is CCc1c(-c2cc(Cl)ccc2C)sc(C(=O)OC)c1N. The first kappa shape index (κ1) is 14.9. The van der Waals surface area contributed by atoms with E-state index in [0.29, 0.717) is 15.6 Å². The van der Waals surface area contributed by atoms with E-state index in [0.717, 1.165) is 28.0 Å². The number of rotatable bonds is 3. The van der Waals surface area contributed by atoms with E-state index < -0.39 is 5.97 Å². The molecule has 2 N–H and O–H groups in total. The number of halogens is 1. The Morgan fingerprint density at radius 1 is 1.45 bits per heavy atom. The largest absolute Gasteiger partial charge is 0.465 e. The highest BCUT2D eigenvalue weighted by atomic mass is 35.5. The van der Waals surface area contributed by atoms with Crippen LogP contribution in [0.25, 0.3) is 10.4 Å². The van der Waals surface area contributed by atoms with Crippen molar-refractivity contribution in [2.75, 3.05) is 12.8 Å². The molecule has 3 nitrogen and oxygen atoms in total. The lowest BCUT2D eigenvalue weighted by molar-refractivity contribution is 0.0607. The number of carbonyl (C=O) groups is 1.